The fraction of sp³-hybridized carbons (Fsp3) is 0.346. The molecule has 2 aromatic carbocycles. The Bertz CT molecular complexity index is 1250. The van der Waals surface area contributed by atoms with Gasteiger partial charge in [0.2, 0.25) is 0 Å². The van der Waals surface area contributed by atoms with E-state index in [0.717, 1.165) is 42.3 Å². The molecule has 3 aromatic rings. The lowest BCUT2D eigenvalue weighted by Gasteiger charge is -2.32. The van der Waals surface area contributed by atoms with E-state index < -0.39 is 5.97 Å². The number of hydrogen-bond acceptors (Lipinski definition) is 5. The van der Waals surface area contributed by atoms with E-state index in [4.69, 9.17) is 21.7 Å². The number of para-hydroxylation sites is 1. The van der Waals surface area contributed by atoms with Crippen molar-refractivity contribution in [3.05, 3.63) is 70.0 Å². The minimum atomic E-state index is -0.436. The lowest BCUT2D eigenvalue weighted by molar-refractivity contribution is 0.0602. The number of thiocarbonyl (C=S) groups is 1. The van der Waals surface area contributed by atoms with E-state index in [2.05, 4.69) is 15.2 Å². The van der Waals surface area contributed by atoms with Gasteiger partial charge in [-0.2, -0.15) is 0 Å². The maximum Gasteiger partial charge on any atom is 0.339 e. The molecule has 0 atom stereocenters. The Kier molecular flexibility index (Phi) is 7.47. The lowest BCUT2D eigenvalue weighted by atomic mass is 10.1. The first-order chi connectivity index (χ1) is 16.5. The fourth-order valence-corrected chi connectivity index (χ4v) is 4.76. The molecule has 7 nitrogen and oxygen atoms in total. The summed E-state index contributed by atoms with van der Waals surface area (Å²) in [5.74, 6) is 0.326. The molecule has 1 aliphatic rings. The van der Waals surface area contributed by atoms with Crippen molar-refractivity contribution in [2.45, 2.75) is 45.2 Å². The summed E-state index contributed by atoms with van der Waals surface area (Å²) < 4.78 is 10.5. The van der Waals surface area contributed by atoms with E-state index in [0.29, 0.717) is 35.1 Å². The Hall–Kier alpha value is -3.39. The zero-order valence-corrected chi connectivity index (χ0v) is 20.2. The molecule has 1 saturated carbocycles. The number of anilines is 1. The van der Waals surface area contributed by atoms with Gasteiger partial charge in [-0.15, -0.1) is 0 Å². The number of pyridine rings is 1. The number of rotatable bonds is 7. The van der Waals surface area contributed by atoms with Gasteiger partial charge in [0.1, 0.15) is 5.75 Å². The Morgan fingerprint density at radius 2 is 1.94 bits per heavy atom. The van der Waals surface area contributed by atoms with Crippen molar-refractivity contribution >= 4 is 39.9 Å². The monoisotopic (exact) mass is 479 g/mol. The average Bonchev–Trinajstić information content (AvgIpc) is 3.37. The van der Waals surface area contributed by atoms with Crippen LogP contribution in [0, 0.1) is 0 Å². The quantitative estimate of drug-likeness (QED) is 0.370. The number of hydrogen-bond donors (Lipinski definition) is 2. The third kappa shape index (κ3) is 5.22. The molecular weight excluding hydrogens is 450 g/mol. The van der Waals surface area contributed by atoms with Crippen molar-refractivity contribution in [3.63, 3.8) is 0 Å². The molecule has 1 fully saturated rings. The molecule has 0 unspecified atom stereocenters. The van der Waals surface area contributed by atoms with E-state index in [1.165, 1.54) is 7.11 Å². The number of carbonyl (C=O) groups is 1. The molecular formula is C26H29N3O4S. The van der Waals surface area contributed by atoms with Gasteiger partial charge in [-0.3, -0.25) is 4.79 Å². The normalized spacial score (nSPS) is 13.6. The summed E-state index contributed by atoms with van der Waals surface area (Å²) in [6.07, 6.45) is 4.24. The van der Waals surface area contributed by atoms with Crippen molar-refractivity contribution in [1.29, 1.82) is 0 Å². The van der Waals surface area contributed by atoms with Crippen molar-refractivity contribution in [2.75, 3.05) is 19.0 Å². The highest BCUT2D eigenvalue weighted by molar-refractivity contribution is 7.80. The van der Waals surface area contributed by atoms with Gasteiger partial charge in [0.15, 0.2) is 5.11 Å². The van der Waals surface area contributed by atoms with Gasteiger partial charge in [-0.1, -0.05) is 25.0 Å². The summed E-state index contributed by atoms with van der Waals surface area (Å²) in [4.78, 5) is 30.2. The molecule has 0 amide bonds. The van der Waals surface area contributed by atoms with Crippen LogP contribution in [0.5, 0.6) is 5.75 Å². The van der Waals surface area contributed by atoms with Crippen LogP contribution in [0.4, 0.5) is 5.69 Å². The van der Waals surface area contributed by atoms with Gasteiger partial charge >= 0.3 is 5.97 Å². The summed E-state index contributed by atoms with van der Waals surface area (Å²) >= 11 is 5.80. The standard InChI is InChI=1S/C26H29N3O4S/c1-3-33-20-12-13-22-17(15-20)14-18(24(30)27-22)16-29(19-8-4-5-9-19)26(34)28-23-11-7-6-10-21(23)25(31)32-2/h6-7,10-15,19H,3-5,8-9,16H2,1-2H3,(H,27,30)(H,28,34). The highest BCUT2D eigenvalue weighted by Gasteiger charge is 2.26. The van der Waals surface area contributed by atoms with Gasteiger partial charge in [0.25, 0.3) is 5.56 Å². The van der Waals surface area contributed by atoms with E-state index in [1.54, 1.807) is 18.2 Å². The Morgan fingerprint density at radius 1 is 1.18 bits per heavy atom. The van der Waals surface area contributed by atoms with Crippen molar-refractivity contribution in [1.82, 2.24) is 9.88 Å². The zero-order chi connectivity index (χ0) is 24.1. The van der Waals surface area contributed by atoms with Crippen LogP contribution in [0.1, 0.15) is 48.5 Å². The number of esters is 1. The topological polar surface area (TPSA) is 83.7 Å². The van der Waals surface area contributed by atoms with Gasteiger partial charge in [0.05, 0.1) is 31.5 Å². The summed E-state index contributed by atoms with van der Waals surface area (Å²) in [7, 11) is 1.35. The van der Waals surface area contributed by atoms with Crippen LogP contribution in [0.2, 0.25) is 0 Å². The first-order valence-corrected chi connectivity index (χ1v) is 11.9. The van der Waals surface area contributed by atoms with Crippen molar-refractivity contribution in [3.8, 4) is 5.75 Å². The third-order valence-electron chi connectivity index (χ3n) is 6.14. The Labute approximate surface area is 204 Å². The molecule has 1 aromatic heterocycles. The van der Waals surface area contributed by atoms with E-state index in [9.17, 15) is 9.59 Å². The second kappa shape index (κ2) is 10.7. The fourth-order valence-electron chi connectivity index (χ4n) is 4.44. The average molecular weight is 480 g/mol. The van der Waals surface area contributed by atoms with Crippen LogP contribution in [-0.4, -0.2) is 40.7 Å². The van der Waals surface area contributed by atoms with E-state index in [-0.39, 0.29) is 11.6 Å². The Balaban J connectivity index is 1.64. The summed E-state index contributed by atoms with van der Waals surface area (Å²) in [5, 5.41) is 4.61. The van der Waals surface area contributed by atoms with Crippen LogP contribution in [-0.2, 0) is 11.3 Å². The smallest absolute Gasteiger partial charge is 0.339 e. The second-order valence-corrected chi connectivity index (χ2v) is 8.73. The largest absolute Gasteiger partial charge is 0.494 e. The maximum atomic E-state index is 12.9. The highest BCUT2D eigenvalue weighted by Crippen LogP contribution is 2.27. The molecule has 34 heavy (non-hydrogen) atoms. The van der Waals surface area contributed by atoms with Gasteiger partial charge < -0.3 is 24.7 Å². The number of benzene rings is 2. The third-order valence-corrected chi connectivity index (χ3v) is 6.48. The van der Waals surface area contributed by atoms with Crippen molar-refractivity contribution in [2.24, 2.45) is 0 Å². The summed E-state index contributed by atoms with van der Waals surface area (Å²) in [5.41, 5.74) is 2.23. The SMILES string of the molecule is CCOc1ccc2[nH]c(=O)c(CN(C(=S)Nc3ccccc3C(=O)OC)C3CCCC3)cc2c1. The first-order valence-electron chi connectivity index (χ1n) is 11.5. The van der Waals surface area contributed by atoms with Gasteiger partial charge in [0, 0.05) is 22.5 Å². The Morgan fingerprint density at radius 3 is 2.68 bits per heavy atom. The molecule has 4 rings (SSSR count). The number of ether oxygens (including phenoxy) is 2. The molecule has 0 spiro atoms. The number of methoxy groups -OCH3 is 1. The van der Waals surface area contributed by atoms with Gasteiger partial charge in [-0.05, 0) is 68.4 Å². The summed E-state index contributed by atoms with van der Waals surface area (Å²) in [6, 6.07) is 14.9. The van der Waals surface area contributed by atoms with E-state index in [1.807, 2.05) is 37.3 Å². The minimum Gasteiger partial charge on any atom is -0.494 e. The molecule has 8 heteroatoms. The number of nitrogens with zero attached hydrogens (tertiary/aromatic N) is 1. The lowest BCUT2D eigenvalue weighted by Crippen LogP contribution is -2.42. The predicted octanol–water partition coefficient (Wildman–Crippen LogP) is 4.86. The molecule has 0 saturated heterocycles. The van der Waals surface area contributed by atoms with Crippen LogP contribution in [0.15, 0.2) is 53.3 Å². The van der Waals surface area contributed by atoms with Crippen LogP contribution in [0.25, 0.3) is 10.9 Å². The van der Waals surface area contributed by atoms with E-state index >= 15 is 0 Å². The minimum absolute atomic E-state index is 0.141. The number of aromatic amines is 1. The number of H-pyrrole nitrogens is 1. The number of carbonyl (C=O) groups excluding carboxylic acids is 1. The molecule has 0 radical (unpaired) electrons. The van der Waals surface area contributed by atoms with Crippen LogP contribution >= 0.6 is 12.2 Å². The maximum absolute atomic E-state index is 12.9. The van der Waals surface area contributed by atoms with Gasteiger partial charge in [-0.25, -0.2) is 4.79 Å². The van der Waals surface area contributed by atoms with Crippen molar-refractivity contribution < 1.29 is 14.3 Å². The molecule has 0 bridgehead atoms. The molecule has 178 valence electrons. The second-order valence-electron chi connectivity index (χ2n) is 8.34. The zero-order valence-electron chi connectivity index (χ0n) is 19.4. The molecule has 2 N–H and O–H groups in total. The molecule has 1 aliphatic carbocycles. The molecule has 1 heterocycles. The number of fused-ring (bicyclic) bond motifs is 1. The highest BCUT2D eigenvalue weighted by atomic mass is 32.1. The number of nitrogens with one attached hydrogen (secondary N) is 2. The number of aromatic nitrogens is 1. The molecule has 0 aliphatic heterocycles. The van der Waals surface area contributed by atoms with Crippen LogP contribution in [0.3, 0.4) is 0 Å². The van der Waals surface area contributed by atoms with Crippen LogP contribution < -0.4 is 15.6 Å². The first kappa shape index (κ1) is 23.8. The predicted molar refractivity (Wildman–Crippen MR) is 138 cm³/mol. The summed E-state index contributed by atoms with van der Waals surface area (Å²) in [6.45, 7) is 2.87.